The lowest BCUT2D eigenvalue weighted by molar-refractivity contribution is -0.0254. The van der Waals surface area contributed by atoms with E-state index >= 15 is 0 Å². The van der Waals surface area contributed by atoms with Gasteiger partial charge in [-0.05, 0) is 0 Å². The van der Waals surface area contributed by atoms with Crippen molar-refractivity contribution in [3.05, 3.63) is 53.9 Å². The summed E-state index contributed by atoms with van der Waals surface area (Å²) in [6, 6.07) is 7.34. The van der Waals surface area contributed by atoms with Crippen molar-refractivity contribution in [3.63, 3.8) is 0 Å². The number of carboxylic acids is 1. The predicted molar refractivity (Wildman–Crippen MR) is 59.5 cm³/mol. The molecule has 0 aliphatic rings. The lowest BCUT2D eigenvalue weighted by atomic mass is 10.1. The van der Waals surface area contributed by atoms with E-state index in [1.807, 2.05) is 0 Å². The summed E-state index contributed by atoms with van der Waals surface area (Å²) in [4.78, 5) is 10.6. The largest absolute Gasteiger partial charge is 0.478 e. The molecule has 0 aliphatic heterocycles. The van der Waals surface area contributed by atoms with Gasteiger partial charge in [0, 0.05) is 11.8 Å². The van der Waals surface area contributed by atoms with Gasteiger partial charge >= 0.3 is 5.97 Å². The average Bonchev–Trinajstić information content (AvgIpc) is 2.78. The van der Waals surface area contributed by atoms with E-state index in [1.54, 1.807) is 6.07 Å². The van der Waals surface area contributed by atoms with Gasteiger partial charge in [-0.15, -0.1) is 0 Å². The zero-order valence-corrected chi connectivity index (χ0v) is 9.25. The molecule has 6 heteroatoms. The molecule has 0 radical (unpaired) electrons. The van der Waals surface area contributed by atoms with Crippen molar-refractivity contribution in [2.75, 3.05) is 0 Å². The van der Waals surface area contributed by atoms with Crippen LogP contribution < -0.4 is 0 Å². The normalized spacial score (nSPS) is 11.4. The molecule has 0 fully saturated rings. The summed E-state index contributed by atoms with van der Waals surface area (Å²) >= 11 is 0. The first-order valence-electron chi connectivity index (χ1n) is 5.18. The number of halogens is 2. The van der Waals surface area contributed by atoms with E-state index < -0.39 is 18.4 Å². The van der Waals surface area contributed by atoms with Gasteiger partial charge in [-0.2, -0.15) is 13.9 Å². The fraction of sp³-hybridized carbons (Fsp3) is 0.167. The highest BCUT2D eigenvalue weighted by molar-refractivity contribution is 5.86. The van der Waals surface area contributed by atoms with Crippen LogP contribution >= 0.6 is 0 Å². The number of carboxylic acid groups (broad SMARTS) is 1. The number of benzene rings is 1. The van der Waals surface area contributed by atoms with Crippen LogP contribution in [-0.4, -0.2) is 20.9 Å². The van der Waals surface area contributed by atoms with Gasteiger partial charge in [0.2, 0.25) is 0 Å². The highest BCUT2D eigenvalue weighted by atomic mass is 19.3. The fourth-order valence-corrected chi connectivity index (χ4v) is 1.54. The molecule has 18 heavy (non-hydrogen) atoms. The summed E-state index contributed by atoms with van der Waals surface area (Å²) in [5, 5.41) is 12.3. The van der Waals surface area contributed by atoms with Gasteiger partial charge in [0.1, 0.15) is 6.54 Å². The van der Waals surface area contributed by atoms with Crippen molar-refractivity contribution in [3.8, 4) is 0 Å². The van der Waals surface area contributed by atoms with Crippen molar-refractivity contribution in [2.24, 2.45) is 0 Å². The second-order valence-electron chi connectivity index (χ2n) is 3.80. The quantitative estimate of drug-likeness (QED) is 0.908. The molecule has 0 bridgehead atoms. The fourth-order valence-electron chi connectivity index (χ4n) is 1.54. The molecule has 1 aromatic heterocycles. The van der Waals surface area contributed by atoms with Gasteiger partial charge in [-0.1, -0.05) is 30.3 Å². The molecule has 0 amide bonds. The molecule has 1 heterocycles. The predicted octanol–water partition coefficient (Wildman–Crippen LogP) is 2.37. The number of nitrogens with zero attached hydrogens (tertiary/aromatic N) is 2. The minimum atomic E-state index is -3.09. The highest BCUT2D eigenvalue weighted by Gasteiger charge is 2.32. The number of alkyl halides is 2. The summed E-state index contributed by atoms with van der Waals surface area (Å²) in [6.07, 6.45) is 2.13. The van der Waals surface area contributed by atoms with E-state index in [2.05, 4.69) is 5.10 Å². The van der Waals surface area contributed by atoms with Gasteiger partial charge in [-0.3, -0.25) is 4.68 Å². The number of aromatic carboxylic acids is 1. The van der Waals surface area contributed by atoms with Crippen LogP contribution in [0.15, 0.2) is 42.7 Å². The number of hydrogen-bond donors (Lipinski definition) is 1. The van der Waals surface area contributed by atoms with Crippen LogP contribution in [-0.2, 0) is 12.5 Å². The Hall–Kier alpha value is -2.24. The third kappa shape index (κ3) is 2.53. The number of aromatic nitrogens is 2. The first-order chi connectivity index (χ1) is 8.49. The van der Waals surface area contributed by atoms with Crippen LogP contribution in [0.25, 0.3) is 0 Å². The molecular formula is C12H10F2N2O2. The Balaban J connectivity index is 2.19. The van der Waals surface area contributed by atoms with Gasteiger partial charge in [0.25, 0.3) is 5.92 Å². The molecule has 4 nitrogen and oxygen atoms in total. The molecule has 0 atom stereocenters. The van der Waals surface area contributed by atoms with Gasteiger partial charge in [0.15, 0.2) is 0 Å². The van der Waals surface area contributed by atoms with E-state index in [0.29, 0.717) is 0 Å². The van der Waals surface area contributed by atoms with Gasteiger partial charge in [-0.25, -0.2) is 4.79 Å². The molecule has 0 unspecified atom stereocenters. The van der Waals surface area contributed by atoms with E-state index in [0.717, 1.165) is 17.1 Å². The van der Waals surface area contributed by atoms with Gasteiger partial charge < -0.3 is 5.11 Å². The zero-order chi connectivity index (χ0) is 13.2. The zero-order valence-electron chi connectivity index (χ0n) is 9.25. The topological polar surface area (TPSA) is 55.1 Å². The maximum atomic E-state index is 13.8. The second kappa shape index (κ2) is 4.56. The monoisotopic (exact) mass is 252 g/mol. The smallest absolute Gasteiger partial charge is 0.338 e. The standard InChI is InChI=1S/C12H10F2N2O2/c13-12(14,10-4-2-1-3-5-10)8-16-7-9(6-15-16)11(17)18/h1-7H,8H2,(H,17,18). The van der Waals surface area contributed by atoms with Gasteiger partial charge in [0.05, 0.1) is 11.8 Å². The molecule has 1 N–H and O–H groups in total. The molecule has 0 saturated carbocycles. The maximum absolute atomic E-state index is 13.8. The number of rotatable bonds is 4. The van der Waals surface area contributed by atoms with E-state index in [1.165, 1.54) is 24.3 Å². The first kappa shape index (κ1) is 12.2. The van der Waals surface area contributed by atoms with E-state index in [9.17, 15) is 13.6 Å². The Kier molecular flexibility index (Phi) is 3.10. The molecule has 2 aromatic rings. The summed E-state index contributed by atoms with van der Waals surface area (Å²) in [5.74, 6) is -4.28. The Morgan fingerprint density at radius 1 is 1.33 bits per heavy atom. The van der Waals surface area contributed by atoms with Crippen LogP contribution in [0.5, 0.6) is 0 Å². The van der Waals surface area contributed by atoms with Crippen molar-refractivity contribution in [2.45, 2.75) is 12.5 Å². The molecule has 94 valence electrons. The minimum absolute atomic E-state index is 0.112. The Labute approximate surface area is 101 Å². The SMILES string of the molecule is O=C(O)c1cnn(CC(F)(F)c2ccccc2)c1. The summed E-state index contributed by atoms with van der Waals surface area (Å²) in [6.45, 7) is -0.690. The number of hydrogen-bond acceptors (Lipinski definition) is 2. The number of carbonyl (C=O) groups is 1. The highest BCUT2D eigenvalue weighted by Crippen LogP contribution is 2.29. The minimum Gasteiger partial charge on any atom is -0.478 e. The average molecular weight is 252 g/mol. The summed E-state index contributed by atoms with van der Waals surface area (Å²) in [7, 11) is 0. The molecule has 0 aliphatic carbocycles. The summed E-state index contributed by atoms with van der Waals surface area (Å²) in [5.41, 5.74) is -0.240. The molecule has 0 saturated heterocycles. The van der Waals surface area contributed by atoms with Crippen molar-refractivity contribution in [1.82, 2.24) is 9.78 Å². The molecule has 2 rings (SSSR count). The molecular weight excluding hydrogens is 242 g/mol. The Bertz CT molecular complexity index is 552. The third-order valence-corrected chi connectivity index (χ3v) is 2.44. The molecule has 0 spiro atoms. The van der Waals surface area contributed by atoms with Crippen LogP contribution in [0.3, 0.4) is 0 Å². The lowest BCUT2D eigenvalue weighted by Crippen LogP contribution is -2.21. The summed E-state index contributed by atoms with van der Waals surface area (Å²) < 4.78 is 28.6. The second-order valence-corrected chi connectivity index (χ2v) is 3.80. The maximum Gasteiger partial charge on any atom is 0.338 e. The Morgan fingerprint density at radius 3 is 2.56 bits per heavy atom. The van der Waals surface area contributed by atoms with Crippen LogP contribution in [0.1, 0.15) is 15.9 Å². The van der Waals surface area contributed by atoms with E-state index in [4.69, 9.17) is 5.11 Å². The van der Waals surface area contributed by atoms with Crippen LogP contribution in [0.4, 0.5) is 8.78 Å². The van der Waals surface area contributed by atoms with Crippen molar-refractivity contribution in [1.29, 1.82) is 0 Å². The first-order valence-corrected chi connectivity index (χ1v) is 5.18. The van der Waals surface area contributed by atoms with Crippen molar-refractivity contribution < 1.29 is 18.7 Å². The van der Waals surface area contributed by atoms with Crippen LogP contribution in [0.2, 0.25) is 0 Å². The Morgan fingerprint density at radius 2 is 2.00 bits per heavy atom. The lowest BCUT2D eigenvalue weighted by Gasteiger charge is -2.16. The molecule has 1 aromatic carbocycles. The van der Waals surface area contributed by atoms with E-state index in [-0.39, 0.29) is 11.1 Å². The third-order valence-electron chi connectivity index (χ3n) is 2.44. The van der Waals surface area contributed by atoms with Crippen LogP contribution in [0, 0.1) is 0 Å². The van der Waals surface area contributed by atoms with Crippen molar-refractivity contribution >= 4 is 5.97 Å².